The third kappa shape index (κ3) is 2.08. The molecule has 2 rings (SSSR count). The Morgan fingerprint density at radius 2 is 1.21 bits per heavy atom. The first-order valence-electron chi connectivity index (χ1n) is 3.72. The Labute approximate surface area is 94.4 Å². The molecule has 0 radical (unpaired) electrons. The number of ether oxygens (including phenoxy) is 2. The molecule has 0 bridgehead atoms. The van der Waals surface area contributed by atoms with Crippen molar-refractivity contribution in [1.29, 1.82) is 0 Å². The number of anilines is 2. The Balaban J connectivity index is 0.000000845. The van der Waals surface area contributed by atoms with E-state index >= 15 is 0 Å². The van der Waals surface area contributed by atoms with Gasteiger partial charge < -0.3 is 20.9 Å². The van der Waals surface area contributed by atoms with Crippen molar-refractivity contribution < 1.29 is 9.47 Å². The van der Waals surface area contributed by atoms with Gasteiger partial charge in [0.1, 0.15) is 13.2 Å². The maximum Gasteiger partial charge on any atom is 0.186 e. The number of nitrogen functional groups attached to an aromatic ring is 2. The minimum atomic E-state index is 0. The number of halogens is 2. The van der Waals surface area contributed by atoms with Crippen LogP contribution in [-0.4, -0.2) is 13.2 Å². The first-order valence-corrected chi connectivity index (χ1v) is 3.72. The van der Waals surface area contributed by atoms with Crippen LogP contribution in [-0.2, 0) is 0 Å². The van der Waals surface area contributed by atoms with Crippen LogP contribution in [0, 0.1) is 0 Å². The predicted molar refractivity (Wildman–Crippen MR) is 60.8 cm³/mol. The lowest BCUT2D eigenvalue weighted by Gasteiger charge is -2.20. The standard InChI is InChI=1S/C8H10N2O2.2ClH/c9-5-1-2-6(10)8-7(5)11-3-4-12-8;;/h1-2H,3-4,9-10H2;2*1H. The maximum absolute atomic E-state index is 5.65. The van der Waals surface area contributed by atoms with Crippen molar-refractivity contribution in [1.82, 2.24) is 0 Å². The van der Waals surface area contributed by atoms with E-state index in [2.05, 4.69) is 0 Å². The number of benzene rings is 1. The molecule has 1 aromatic rings. The summed E-state index contributed by atoms with van der Waals surface area (Å²) in [5, 5.41) is 0. The summed E-state index contributed by atoms with van der Waals surface area (Å²) in [7, 11) is 0. The van der Waals surface area contributed by atoms with Crippen LogP contribution in [0.2, 0.25) is 0 Å². The maximum atomic E-state index is 5.65. The van der Waals surface area contributed by atoms with Crippen LogP contribution in [0.1, 0.15) is 0 Å². The van der Waals surface area contributed by atoms with E-state index < -0.39 is 0 Å². The van der Waals surface area contributed by atoms with Gasteiger partial charge in [-0.15, -0.1) is 24.8 Å². The second kappa shape index (κ2) is 5.02. The van der Waals surface area contributed by atoms with Crippen molar-refractivity contribution in [3.63, 3.8) is 0 Å². The summed E-state index contributed by atoms with van der Waals surface area (Å²) in [6, 6.07) is 3.42. The second-order valence-corrected chi connectivity index (χ2v) is 2.60. The molecule has 0 unspecified atom stereocenters. The van der Waals surface area contributed by atoms with Gasteiger partial charge in [-0.3, -0.25) is 0 Å². The van der Waals surface area contributed by atoms with Gasteiger partial charge in [0.15, 0.2) is 11.5 Å². The highest BCUT2D eigenvalue weighted by Gasteiger charge is 2.16. The second-order valence-electron chi connectivity index (χ2n) is 2.60. The largest absolute Gasteiger partial charge is 0.484 e. The van der Waals surface area contributed by atoms with Gasteiger partial charge >= 0.3 is 0 Å². The molecule has 1 aliphatic heterocycles. The zero-order valence-corrected chi connectivity index (χ0v) is 8.99. The molecule has 80 valence electrons. The Bertz CT molecular complexity index is 289. The van der Waals surface area contributed by atoms with Crippen molar-refractivity contribution in [3.8, 4) is 11.5 Å². The Morgan fingerprint density at radius 1 is 0.857 bits per heavy atom. The minimum Gasteiger partial charge on any atom is -0.484 e. The molecule has 1 aliphatic rings. The van der Waals surface area contributed by atoms with Crippen molar-refractivity contribution in [2.75, 3.05) is 24.7 Å². The van der Waals surface area contributed by atoms with Crippen LogP contribution >= 0.6 is 24.8 Å². The molecule has 0 atom stereocenters. The van der Waals surface area contributed by atoms with Crippen LogP contribution in [0.25, 0.3) is 0 Å². The Morgan fingerprint density at radius 3 is 1.57 bits per heavy atom. The van der Waals surface area contributed by atoms with E-state index in [1.165, 1.54) is 0 Å². The van der Waals surface area contributed by atoms with E-state index in [0.717, 1.165) is 0 Å². The van der Waals surface area contributed by atoms with Gasteiger partial charge in [0.25, 0.3) is 0 Å². The molecular weight excluding hydrogens is 227 g/mol. The van der Waals surface area contributed by atoms with Gasteiger partial charge in [0, 0.05) is 0 Å². The summed E-state index contributed by atoms with van der Waals surface area (Å²) in [5.41, 5.74) is 12.4. The van der Waals surface area contributed by atoms with Crippen LogP contribution in [0.3, 0.4) is 0 Å². The fourth-order valence-corrected chi connectivity index (χ4v) is 1.18. The summed E-state index contributed by atoms with van der Waals surface area (Å²) >= 11 is 0. The van der Waals surface area contributed by atoms with E-state index in [9.17, 15) is 0 Å². The first kappa shape index (κ1) is 13.0. The smallest absolute Gasteiger partial charge is 0.186 e. The van der Waals surface area contributed by atoms with Crippen molar-refractivity contribution >= 4 is 36.2 Å². The van der Waals surface area contributed by atoms with Crippen molar-refractivity contribution in [3.05, 3.63) is 12.1 Å². The number of fused-ring (bicyclic) bond motifs is 1. The highest BCUT2D eigenvalue weighted by Crippen LogP contribution is 2.40. The lowest BCUT2D eigenvalue weighted by Crippen LogP contribution is -2.17. The number of rotatable bonds is 0. The van der Waals surface area contributed by atoms with Gasteiger partial charge in [-0.25, -0.2) is 0 Å². The van der Waals surface area contributed by atoms with Gasteiger partial charge in [-0.2, -0.15) is 0 Å². The molecule has 4 N–H and O–H groups in total. The number of nitrogens with two attached hydrogens (primary N) is 2. The quantitative estimate of drug-likeness (QED) is 0.672. The molecule has 0 spiro atoms. The van der Waals surface area contributed by atoms with Crippen LogP contribution in [0.15, 0.2) is 12.1 Å². The van der Waals surface area contributed by atoms with E-state index in [-0.39, 0.29) is 24.8 Å². The molecule has 1 aromatic carbocycles. The zero-order valence-electron chi connectivity index (χ0n) is 7.36. The summed E-state index contributed by atoms with van der Waals surface area (Å²) in [4.78, 5) is 0. The molecule has 0 aliphatic carbocycles. The van der Waals surface area contributed by atoms with Crippen molar-refractivity contribution in [2.24, 2.45) is 0 Å². The molecule has 0 saturated heterocycles. The molecule has 6 heteroatoms. The molecule has 0 saturated carbocycles. The highest BCUT2D eigenvalue weighted by atomic mass is 35.5. The monoisotopic (exact) mass is 238 g/mol. The van der Waals surface area contributed by atoms with E-state index in [0.29, 0.717) is 36.1 Å². The lowest BCUT2D eigenvalue weighted by molar-refractivity contribution is 0.174. The average molecular weight is 239 g/mol. The Hall–Kier alpha value is -1.00. The molecule has 0 aromatic heterocycles. The van der Waals surface area contributed by atoms with Gasteiger partial charge in [0.2, 0.25) is 0 Å². The zero-order chi connectivity index (χ0) is 8.55. The summed E-state index contributed by atoms with van der Waals surface area (Å²) in [6.07, 6.45) is 0. The van der Waals surface area contributed by atoms with E-state index in [1.54, 1.807) is 12.1 Å². The lowest BCUT2D eigenvalue weighted by atomic mass is 10.2. The molecular formula is C8H12Cl2N2O2. The van der Waals surface area contributed by atoms with E-state index in [1.807, 2.05) is 0 Å². The normalized spacial score (nSPS) is 12.3. The van der Waals surface area contributed by atoms with Crippen LogP contribution in [0.4, 0.5) is 11.4 Å². The minimum absolute atomic E-state index is 0. The third-order valence-electron chi connectivity index (χ3n) is 1.75. The summed E-state index contributed by atoms with van der Waals surface area (Å²) in [6.45, 7) is 1.06. The fraction of sp³-hybridized carbons (Fsp3) is 0.250. The predicted octanol–water partition coefficient (Wildman–Crippen LogP) is 1.47. The molecule has 14 heavy (non-hydrogen) atoms. The van der Waals surface area contributed by atoms with Crippen molar-refractivity contribution in [2.45, 2.75) is 0 Å². The van der Waals surface area contributed by atoms with E-state index in [4.69, 9.17) is 20.9 Å². The Kier molecular flexibility index (Phi) is 4.67. The molecule has 1 heterocycles. The highest BCUT2D eigenvalue weighted by molar-refractivity contribution is 5.85. The van der Waals surface area contributed by atoms with Gasteiger partial charge in [-0.05, 0) is 12.1 Å². The molecule has 0 amide bonds. The first-order chi connectivity index (χ1) is 5.79. The summed E-state index contributed by atoms with van der Waals surface area (Å²) in [5.74, 6) is 1.14. The topological polar surface area (TPSA) is 70.5 Å². The third-order valence-corrected chi connectivity index (χ3v) is 1.75. The van der Waals surface area contributed by atoms with Crippen LogP contribution < -0.4 is 20.9 Å². The van der Waals surface area contributed by atoms with Gasteiger partial charge in [0.05, 0.1) is 11.4 Å². The summed E-state index contributed by atoms with van der Waals surface area (Å²) < 4.78 is 10.6. The number of hydrogen-bond acceptors (Lipinski definition) is 4. The average Bonchev–Trinajstić information content (AvgIpc) is 2.12. The molecule has 0 fully saturated rings. The number of hydrogen-bond donors (Lipinski definition) is 2. The fourth-order valence-electron chi connectivity index (χ4n) is 1.18. The SMILES string of the molecule is Cl.Cl.Nc1ccc(N)c2c1OCCO2. The van der Waals surface area contributed by atoms with Crippen LogP contribution in [0.5, 0.6) is 11.5 Å². The van der Waals surface area contributed by atoms with Gasteiger partial charge in [-0.1, -0.05) is 0 Å². The molecule has 4 nitrogen and oxygen atoms in total.